The van der Waals surface area contributed by atoms with Crippen molar-refractivity contribution in [3.05, 3.63) is 28.8 Å². The van der Waals surface area contributed by atoms with Gasteiger partial charge in [-0.3, -0.25) is 15.0 Å². The molecule has 2 N–H and O–H groups in total. The van der Waals surface area contributed by atoms with E-state index in [0.29, 0.717) is 17.1 Å². The van der Waals surface area contributed by atoms with E-state index in [4.69, 9.17) is 11.6 Å². The van der Waals surface area contributed by atoms with Crippen LogP contribution in [0.4, 0.5) is 5.69 Å². The lowest BCUT2D eigenvalue weighted by molar-refractivity contribution is -0.117. The van der Waals surface area contributed by atoms with Gasteiger partial charge in [0.2, 0.25) is 5.91 Å². The Bertz CT molecular complexity index is 562. The first kappa shape index (κ1) is 12.6. The lowest BCUT2D eigenvalue weighted by atomic mass is 10.0. The van der Waals surface area contributed by atoms with Crippen LogP contribution in [-0.4, -0.2) is 36.0 Å². The van der Waals surface area contributed by atoms with E-state index < -0.39 is 0 Å². The molecule has 106 valence electrons. The first-order valence-electron chi connectivity index (χ1n) is 7.33. The largest absolute Gasteiger partial charge is 0.324 e. The summed E-state index contributed by atoms with van der Waals surface area (Å²) < 4.78 is 0. The topological polar surface area (TPSA) is 44.4 Å². The molecule has 2 fully saturated rings. The Kier molecular flexibility index (Phi) is 2.98. The number of halogens is 1. The van der Waals surface area contributed by atoms with Crippen molar-refractivity contribution in [2.24, 2.45) is 0 Å². The third-order valence-corrected chi connectivity index (χ3v) is 5.07. The van der Waals surface area contributed by atoms with Crippen molar-refractivity contribution in [1.29, 1.82) is 0 Å². The molecular weight excluding hydrogens is 274 g/mol. The van der Waals surface area contributed by atoms with E-state index in [0.717, 1.165) is 24.2 Å². The summed E-state index contributed by atoms with van der Waals surface area (Å²) in [4.78, 5) is 14.7. The number of anilines is 1. The molecular formula is C15H18ClN3O. The second-order valence-corrected chi connectivity index (χ2v) is 6.40. The van der Waals surface area contributed by atoms with E-state index in [-0.39, 0.29) is 11.9 Å². The van der Waals surface area contributed by atoms with Crippen LogP contribution in [0.1, 0.15) is 30.9 Å². The van der Waals surface area contributed by atoms with Crippen molar-refractivity contribution in [2.75, 3.05) is 18.4 Å². The number of nitrogens with one attached hydrogen (secondary N) is 2. The van der Waals surface area contributed by atoms with E-state index in [9.17, 15) is 4.79 Å². The maximum atomic E-state index is 12.2. The fourth-order valence-electron chi connectivity index (χ4n) is 3.89. The van der Waals surface area contributed by atoms with Gasteiger partial charge in [0.25, 0.3) is 0 Å². The van der Waals surface area contributed by atoms with Crippen molar-refractivity contribution in [2.45, 2.75) is 37.4 Å². The number of carbonyl (C=O) groups is 1. The van der Waals surface area contributed by atoms with Crippen LogP contribution in [-0.2, 0) is 4.79 Å². The molecule has 3 unspecified atom stereocenters. The standard InChI is InChI=1S/C15H18ClN3O/c16-9-3-4-11-10(8-9)14(15(20)18-11)17-12-5-7-19-6-1-2-13(12)19/h3-4,8,12-14,17H,1-2,5-7H2,(H,18,20). The molecule has 3 aliphatic heterocycles. The molecule has 0 spiro atoms. The molecule has 3 aliphatic rings. The summed E-state index contributed by atoms with van der Waals surface area (Å²) >= 11 is 6.07. The maximum absolute atomic E-state index is 12.2. The first-order valence-corrected chi connectivity index (χ1v) is 7.70. The van der Waals surface area contributed by atoms with Gasteiger partial charge in [-0.1, -0.05) is 11.6 Å². The second-order valence-electron chi connectivity index (χ2n) is 5.96. The summed E-state index contributed by atoms with van der Waals surface area (Å²) in [6.45, 7) is 2.36. The Morgan fingerprint density at radius 2 is 2.20 bits per heavy atom. The van der Waals surface area contributed by atoms with E-state index in [1.807, 2.05) is 18.2 Å². The van der Waals surface area contributed by atoms with Crippen LogP contribution >= 0.6 is 11.6 Å². The molecule has 3 heterocycles. The quantitative estimate of drug-likeness (QED) is 0.878. The van der Waals surface area contributed by atoms with Gasteiger partial charge in [0.15, 0.2) is 0 Å². The minimum absolute atomic E-state index is 0.0405. The molecule has 1 amide bonds. The van der Waals surface area contributed by atoms with Crippen LogP contribution in [0.5, 0.6) is 0 Å². The first-order chi connectivity index (χ1) is 9.72. The van der Waals surface area contributed by atoms with Crippen LogP contribution in [0.3, 0.4) is 0 Å². The molecule has 0 saturated carbocycles. The molecule has 0 aromatic heterocycles. The number of amides is 1. The Morgan fingerprint density at radius 3 is 3.10 bits per heavy atom. The van der Waals surface area contributed by atoms with Gasteiger partial charge >= 0.3 is 0 Å². The van der Waals surface area contributed by atoms with E-state index in [1.54, 1.807) is 0 Å². The monoisotopic (exact) mass is 291 g/mol. The Balaban J connectivity index is 1.57. The molecule has 0 aliphatic carbocycles. The van der Waals surface area contributed by atoms with Crippen LogP contribution in [0.2, 0.25) is 5.02 Å². The lowest BCUT2D eigenvalue weighted by Gasteiger charge is -2.24. The molecule has 3 atom stereocenters. The summed E-state index contributed by atoms with van der Waals surface area (Å²) in [7, 11) is 0. The summed E-state index contributed by atoms with van der Waals surface area (Å²) in [6, 6.07) is 6.36. The van der Waals surface area contributed by atoms with Gasteiger partial charge in [-0.2, -0.15) is 0 Å². The second kappa shape index (κ2) is 4.72. The summed E-state index contributed by atoms with van der Waals surface area (Å²) in [5, 5.41) is 7.19. The van der Waals surface area contributed by atoms with Gasteiger partial charge in [0.1, 0.15) is 6.04 Å². The maximum Gasteiger partial charge on any atom is 0.246 e. The predicted octanol–water partition coefficient (Wildman–Crippen LogP) is 2.16. The van der Waals surface area contributed by atoms with Gasteiger partial charge in [-0.15, -0.1) is 0 Å². The van der Waals surface area contributed by atoms with Crippen LogP contribution in [0.15, 0.2) is 18.2 Å². The highest BCUT2D eigenvalue weighted by Gasteiger charge is 2.40. The van der Waals surface area contributed by atoms with Gasteiger partial charge < -0.3 is 5.32 Å². The molecule has 5 heteroatoms. The predicted molar refractivity (Wildman–Crippen MR) is 79.0 cm³/mol. The highest BCUT2D eigenvalue weighted by molar-refractivity contribution is 6.31. The van der Waals surface area contributed by atoms with Crippen LogP contribution in [0, 0.1) is 0 Å². The van der Waals surface area contributed by atoms with Crippen LogP contribution < -0.4 is 10.6 Å². The Hall–Kier alpha value is -1.10. The Morgan fingerprint density at radius 1 is 1.30 bits per heavy atom. The minimum atomic E-state index is -0.255. The highest BCUT2D eigenvalue weighted by Crippen LogP contribution is 2.35. The summed E-state index contributed by atoms with van der Waals surface area (Å²) in [6.07, 6.45) is 3.65. The minimum Gasteiger partial charge on any atom is -0.324 e. The van der Waals surface area contributed by atoms with Gasteiger partial charge in [0.05, 0.1) is 0 Å². The van der Waals surface area contributed by atoms with Crippen molar-refractivity contribution >= 4 is 23.2 Å². The summed E-state index contributed by atoms with van der Waals surface area (Å²) in [5.41, 5.74) is 1.87. The van der Waals surface area contributed by atoms with Gasteiger partial charge in [-0.25, -0.2) is 0 Å². The zero-order chi connectivity index (χ0) is 13.7. The zero-order valence-corrected chi connectivity index (χ0v) is 12.0. The molecule has 4 nitrogen and oxygen atoms in total. The normalized spacial score (nSPS) is 32.2. The number of carbonyl (C=O) groups excluding carboxylic acids is 1. The third-order valence-electron chi connectivity index (χ3n) is 4.83. The molecule has 4 rings (SSSR count). The highest BCUT2D eigenvalue weighted by atomic mass is 35.5. The van der Waals surface area contributed by atoms with E-state index in [2.05, 4.69) is 15.5 Å². The van der Waals surface area contributed by atoms with E-state index in [1.165, 1.54) is 19.4 Å². The van der Waals surface area contributed by atoms with Crippen LogP contribution in [0.25, 0.3) is 0 Å². The molecule has 0 radical (unpaired) electrons. The summed E-state index contributed by atoms with van der Waals surface area (Å²) in [5.74, 6) is 0.0405. The van der Waals surface area contributed by atoms with Gasteiger partial charge in [-0.05, 0) is 44.0 Å². The fourth-order valence-corrected chi connectivity index (χ4v) is 4.07. The van der Waals surface area contributed by atoms with Gasteiger partial charge in [0, 0.05) is 34.9 Å². The van der Waals surface area contributed by atoms with Crippen molar-refractivity contribution in [3.8, 4) is 0 Å². The number of hydrogen-bond acceptors (Lipinski definition) is 3. The molecule has 20 heavy (non-hydrogen) atoms. The number of benzene rings is 1. The number of rotatable bonds is 2. The lowest BCUT2D eigenvalue weighted by Crippen LogP contribution is -2.42. The average molecular weight is 292 g/mol. The molecule has 0 bridgehead atoms. The number of hydrogen-bond donors (Lipinski definition) is 2. The third kappa shape index (κ3) is 1.94. The number of fused-ring (bicyclic) bond motifs is 2. The van der Waals surface area contributed by atoms with Crippen molar-refractivity contribution in [3.63, 3.8) is 0 Å². The fraction of sp³-hybridized carbons (Fsp3) is 0.533. The SMILES string of the molecule is O=C1Nc2ccc(Cl)cc2C1NC1CCN2CCCC12. The average Bonchev–Trinajstić information content (AvgIpc) is 3.08. The Labute approximate surface area is 123 Å². The smallest absolute Gasteiger partial charge is 0.246 e. The molecule has 2 saturated heterocycles. The number of nitrogens with zero attached hydrogens (tertiary/aromatic N) is 1. The van der Waals surface area contributed by atoms with Crippen molar-refractivity contribution in [1.82, 2.24) is 10.2 Å². The molecule has 1 aromatic rings. The zero-order valence-electron chi connectivity index (χ0n) is 11.2. The van der Waals surface area contributed by atoms with E-state index >= 15 is 0 Å². The molecule has 1 aromatic carbocycles. The van der Waals surface area contributed by atoms with Crippen molar-refractivity contribution < 1.29 is 4.79 Å².